The van der Waals surface area contributed by atoms with Gasteiger partial charge in [-0.3, -0.25) is 9.80 Å². The minimum absolute atomic E-state index is 0.181. The first kappa shape index (κ1) is 14.3. The summed E-state index contributed by atoms with van der Waals surface area (Å²) >= 11 is 0. The summed E-state index contributed by atoms with van der Waals surface area (Å²) in [6.07, 6.45) is 0. The molecule has 1 amide bonds. The van der Waals surface area contributed by atoms with Crippen molar-refractivity contribution in [2.45, 2.75) is 19.8 Å². The van der Waals surface area contributed by atoms with Crippen molar-refractivity contribution in [1.82, 2.24) is 5.01 Å². The number of likely N-dealkylation sites (N-methyl/N-ethyl adjacent to an activating group) is 1. The first-order valence-electron chi connectivity index (χ1n) is 5.67. The maximum absolute atomic E-state index is 11.9. The number of rotatable bonds is 4. The standard InChI is InChI=1S/C13H20N2O3/c1-8-6-12(18-5)10(7-11(8)17-4)9(2)13(16)15(3)14/h6-7,9H,14H2,1-5H3. The van der Waals surface area contributed by atoms with Crippen LogP contribution in [-0.4, -0.2) is 32.2 Å². The van der Waals surface area contributed by atoms with E-state index < -0.39 is 0 Å². The largest absolute Gasteiger partial charge is 0.496 e. The summed E-state index contributed by atoms with van der Waals surface area (Å²) < 4.78 is 10.6. The zero-order valence-electron chi connectivity index (χ0n) is 11.5. The van der Waals surface area contributed by atoms with Gasteiger partial charge in [0.05, 0.1) is 20.1 Å². The fraction of sp³-hybridized carbons (Fsp3) is 0.462. The Morgan fingerprint density at radius 3 is 2.28 bits per heavy atom. The Kier molecular flexibility index (Phi) is 4.55. The van der Waals surface area contributed by atoms with Gasteiger partial charge in [-0.2, -0.15) is 0 Å². The second kappa shape index (κ2) is 5.73. The average molecular weight is 252 g/mol. The Labute approximate surface area is 107 Å². The van der Waals surface area contributed by atoms with Crippen molar-refractivity contribution in [2.24, 2.45) is 5.84 Å². The van der Waals surface area contributed by atoms with Gasteiger partial charge in [0.25, 0.3) is 0 Å². The zero-order chi connectivity index (χ0) is 13.9. The van der Waals surface area contributed by atoms with Crippen molar-refractivity contribution in [3.8, 4) is 11.5 Å². The van der Waals surface area contributed by atoms with Gasteiger partial charge in [0.15, 0.2) is 0 Å². The number of hydrazine groups is 1. The van der Waals surface area contributed by atoms with Crippen LogP contribution in [0, 0.1) is 6.92 Å². The number of hydrogen-bond donors (Lipinski definition) is 1. The van der Waals surface area contributed by atoms with Crippen LogP contribution >= 0.6 is 0 Å². The normalized spacial score (nSPS) is 11.9. The summed E-state index contributed by atoms with van der Waals surface area (Å²) in [6, 6.07) is 3.68. The molecule has 1 aromatic carbocycles. The van der Waals surface area contributed by atoms with Crippen LogP contribution in [0.2, 0.25) is 0 Å². The summed E-state index contributed by atoms with van der Waals surface area (Å²) in [5.74, 6) is 6.30. The molecule has 0 saturated heterocycles. The highest BCUT2D eigenvalue weighted by molar-refractivity contribution is 5.83. The third-order valence-electron chi connectivity index (χ3n) is 2.93. The molecule has 0 aromatic heterocycles. The number of methoxy groups -OCH3 is 2. The molecule has 0 bridgehead atoms. The van der Waals surface area contributed by atoms with E-state index in [-0.39, 0.29) is 11.8 Å². The van der Waals surface area contributed by atoms with E-state index in [2.05, 4.69) is 0 Å². The van der Waals surface area contributed by atoms with Gasteiger partial charge in [-0.15, -0.1) is 0 Å². The molecule has 0 aliphatic heterocycles. The zero-order valence-corrected chi connectivity index (χ0v) is 11.5. The minimum atomic E-state index is -0.385. The summed E-state index contributed by atoms with van der Waals surface area (Å²) in [7, 11) is 4.70. The SMILES string of the molecule is COc1cc(C(C)C(=O)N(C)N)c(OC)cc1C. The number of amides is 1. The summed E-state index contributed by atoms with van der Waals surface area (Å²) in [4.78, 5) is 11.9. The Morgan fingerprint density at radius 1 is 1.28 bits per heavy atom. The number of aryl methyl sites for hydroxylation is 1. The van der Waals surface area contributed by atoms with E-state index >= 15 is 0 Å². The average Bonchev–Trinajstić information content (AvgIpc) is 2.36. The Morgan fingerprint density at radius 2 is 1.83 bits per heavy atom. The quantitative estimate of drug-likeness (QED) is 0.500. The van der Waals surface area contributed by atoms with Crippen LogP contribution in [0.4, 0.5) is 0 Å². The highest BCUT2D eigenvalue weighted by Gasteiger charge is 2.22. The van der Waals surface area contributed by atoms with Crippen molar-refractivity contribution in [1.29, 1.82) is 0 Å². The molecule has 0 heterocycles. The number of carbonyl (C=O) groups excluding carboxylic acids is 1. The van der Waals surface area contributed by atoms with Crippen molar-refractivity contribution in [3.05, 3.63) is 23.3 Å². The van der Waals surface area contributed by atoms with Crippen LogP contribution in [0.3, 0.4) is 0 Å². The van der Waals surface area contributed by atoms with Gasteiger partial charge in [0.1, 0.15) is 11.5 Å². The molecule has 0 fully saturated rings. The molecule has 100 valence electrons. The third-order valence-corrected chi connectivity index (χ3v) is 2.93. The number of hydrogen-bond acceptors (Lipinski definition) is 4. The lowest BCUT2D eigenvalue weighted by Gasteiger charge is -2.20. The fourth-order valence-corrected chi connectivity index (χ4v) is 1.85. The second-order valence-corrected chi connectivity index (χ2v) is 4.23. The van der Waals surface area contributed by atoms with E-state index in [1.54, 1.807) is 21.1 Å². The van der Waals surface area contributed by atoms with Gasteiger partial charge in [-0.1, -0.05) is 0 Å². The van der Waals surface area contributed by atoms with E-state index in [1.807, 2.05) is 19.1 Å². The molecule has 2 N–H and O–H groups in total. The number of nitrogens with zero attached hydrogens (tertiary/aromatic N) is 1. The molecule has 0 radical (unpaired) electrons. The second-order valence-electron chi connectivity index (χ2n) is 4.23. The van der Waals surface area contributed by atoms with E-state index in [1.165, 1.54) is 7.05 Å². The first-order chi connectivity index (χ1) is 8.42. The maximum Gasteiger partial charge on any atom is 0.243 e. The molecule has 0 saturated carbocycles. The van der Waals surface area contributed by atoms with E-state index in [9.17, 15) is 4.79 Å². The first-order valence-corrected chi connectivity index (χ1v) is 5.67. The Bertz CT molecular complexity index is 444. The van der Waals surface area contributed by atoms with Crippen molar-refractivity contribution >= 4 is 5.91 Å². The molecule has 1 aromatic rings. The Hall–Kier alpha value is -1.75. The molecule has 5 heteroatoms. The lowest BCUT2D eigenvalue weighted by molar-refractivity contribution is -0.131. The topological polar surface area (TPSA) is 64.8 Å². The molecule has 0 spiro atoms. The van der Waals surface area contributed by atoms with Crippen molar-refractivity contribution < 1.29 is 14.3 Å². The Balaban J connectivity index is 3.25. The number of ether oxygens (including phenoxy) is 2. The van der Waals surface area contributed by atoms with Crippen LogP contribution in [0.1, 0.15) is 24.0 Å². The van der Waals surface area contributed by atoms with E-state index in [4.69, 9.17) is 15.3 Å². The van der Waals surface area contributed by atoms with Gasteiger partial charge in [-0.05, 0) is 31.5 Å². The highest BCUT2D eigenvalue weighted by atomic mass is 16.5. The molecule has 1 unspecified atom stereocenters. The number of nitrogens with two attached hydrogens (primary N) is 1. The smallest absolute Gasteiger partial charge is 0.243 e. The number of carbonyl (C=O) groups is 1. The van der Waals surface area contributed by atoms with Crippen LogP contribution in [0.25, 0.3) is 0 Å². The number of benzene rings is 1. The summed E-state index contributed by atoms with van der Waals surface area (Å²) in [5, 5.41) is 1.08. The third kappa shape index (κ3) is 2.73. The van der Waals surface area contributed by atoms with Crippen LogP contribution in [-0.2, 0) is 4.79 Å². The van der Waals surface area contributed by atoms with E-state index in [0.717, 1.165) is 21.9 Å². The lowest BCUT2D eigenvalue weighted by atomic mass is 9.97. The summed E-state index contributed by atoms with van der Waals surface area (Å²) in [5.41, 5.74) is 1.72. The predicted molar refractivity (Wildman–Crippen MR) is 69.7 cm³/mol. The van der Waals surface area contributed by atoms with Crippen LogP contribution in [0.5, 0.6) is 11.5 Å². The molecule has 1 atom stereocenters. The molecule has 18 heavy (non-hydrogen) atoms. The molecule has 0 aliphatic rings. The van der Waals surface area contributed by atoms with Gasteiger partial charge >= 0.3 is 0 Å². The van der Waals surface area contributed by atoms with Gasteiger partial charge < -0.3 is 9.47 Å². The van der Waals surface area contributed by atoms with Crippen LogP contribution < -0.4 is 15.3 Å². The monoisotopic (exact) mass is 252 g/mol. The van der Waals surface area contributed by atoms with E-state index in [0.29, 0.717) is 5.75 Å². The van der Waals surface area contributed by atoms with Crippen molar-refractivity contribution in [3.63, 3.8) is 0 Å². The predicted octanol–water partition coefficient (Wildman–Crippen LogP) is 1.45. The fourth-order valence-electron chi connectivity index (χ4n) is 1.85. The van der Waals surface area contributed by atoms with Gasteiger partial charge in [0.2, 0.25) is 5.91 Å². The van der Waals surface area contributed by atoms with Crippen molar-refractivity contribution in [2.75, 3.05) is 21.3 Å². The molecule has 1 rings (SSSR count). The minimum Gasteiger partial charge on any atom is -0.496 e. The maximum atomic E-state index is 11.9. The van der Waals surface area contributed by atoms with Gasteiger partial charge in [0, 0.05) is 12.6 Å². The highest BCUT2D eigenvalue weighted by Crippen LogP contribution is 2.33. The molecular formula is C13H20N2O3. The van der Waals surface area contributed by atoms with Crippen LogP contribution in [0.15, 0.2) is 12.1 Å². The molecule has 0 aliphatic carbocycles. The summed E-state index contributed by atoms with van der Waals surface area (Å²) in [6.45, 7) is 3.71. The molecular weight excluding hydrogens is 232 g/mol. The van der Waals surface area contributed by atoms with Gasteiger partial charge in [-0.25, -0.2) is 5.84 Å². The molecule has 5 nitrogen and oxygen atoms in total. The lowest BCUT2D eigenvalue weighted by Crippen LogP contribution is -2.36.